The molecule has 0 bridgehead atoms. The topological polar surface area (TPSA) is 59.2 Å². The lowest BCUT2D eigenvalue weighted by molar-refractivity contribution is -0.130. The molecule has 0 radical (unpaired) electrons. The Bertz CT molecular complexity index is 398. The van der Waals surface area contributed by atoms with Crippen LogP contribution in [0.4, 0.5) is 0 Å². The molecule has 0 aliphatic heterocycles. The van der Waals surface area contributed by atoms with E-state index in [4.69, 9.17) is 5.73 Å². The Morgan fingerprint density at radius 2 is 2.11 bits per heavy atom. The van der Waals surface area contributed by atoms with Gasteiger partial charge in [-0.15, -0.1) is 0 Å². The van der Waals surface area contributed by atoms with Gasteiger partial charge < -0.3 is 10.6 Å². The second-order valence-corrected chi connectivity index (χ2v) is 6.30. The number of carbonyl (C=O) groups is 1. The van der Waals surface area contributed by atoms with Crippen LogP contribution in [0.1, 0.15) is 39.3 Å². The predicted octanol–water partition coefficient (Wildman–Crippen LogP) is 2.19. The summed E-state index contributed by atoms with van der Waals surface area (Å²) >= 11 is 0. The Hall–Kier alpha value is -1.42. The highest BCUT2D eigenvalue weighted by molar-refractivity contribution is 5.76. The molecule has 1 unspecified atom stereocenters. The van der Waals surface area contributed by atoms with Crippen LogP contribution >= 0.6 is 0 Å². The van der Waals surface area contributed by atoms with Gasteiger partial charge in [-0.1, -0.05) is 26.8 Å². The van der Waals surface area contributed by atoms with Gasteiger partial charge in [0.05, 0.1) is 12.2 Å². The van der Waals surface area contributed by atoms with E-state index in [0.717, 1.165) is 12.1 Å². The van der Waals surface area contributed by atoms with Gasteiger partial charge in [-0.2, -0.15) is 0 Å². The molecule has 1 aromatic rings. The van der Waals surface area contributed by atoms with Crippen LogP contribution in [0.15, 0.2) is 24.4 Å². The van der Waals surface area contributed by atoms with Crippen LogP contribution in [0, 0.1) is 5.41 Å². The summed E-state index contributed by atoms with van der Waals surface area (Å²) in [5.41, 5.74) is 7.07. The molecule has 0 saturated heterocycles. The molecule has 0 aromatic carbocycles. The Morgan fingerprint density at radius 3 is 2.63 bits per heavy atom. The average molecular weight is 263 g/mol. The van der Waals surface area contributed by atoms with Gasteiger partial charge in [-0.25, -0.2) is 0 Å². The quantitative estimate of drug-likeness (QED) is 0.886. The molecule has 1 atom stereocenters. The lowest BCUT2D eigenvalue weighted by Crippen LogP contribution is -2.35. The van der Waals surface area contributed by atoms with E-state index < -0.39 is 0 Å². The van der Waals surface area contributed by atoms with Crippen molar-refractivity contribution in [1.29, 1.82) is 0 Å². The number of carbonyl (C=O) groups excluding carboxylic acids is 1. The van der Waals surface area contributed by atoms with Crippen molar-refractivity contribution < 1.29 is 4.79 Å². The third-order valence-electron chi connectivity index (χ3n) is 2.86. The van der Waals surface area contributed by atoms with E-state index in [1.807, 2.05) is 18.2 Å². The normalized spacial score (nSPS) is 13.1. The third-order valence-corrected chi connectivity index (χ3v) is 2.86. The SMILES string of the molecule is CN(Cc1ccccn1)C(=O)CC(N)CC(C)(C)C. The van der Waals surface area contributed by atoms with E-state index in [0.29, 0.717) is 13.0 Å². The minimum atomic E-state index is -0.0846. The number of pyridine rings is 1. The Labute approximate surface area is 116 Å². The van der Waals surface area contributed by atoms with Crippen molar-refractivity contribution >= 4 is 5.91 Å². The van der Waals surface area contributed by atoms with Gasteiger partial charge in [0.1, 0.15) is 0 Å². The lowest BCUT2D eigenvalue weighted by atomic mass is 9.87. The minimum Gasteiger partial charge on any atom is -0.340 e. The van der Waals surface area contributed by atoms with Crippen LogP contribution < -0.4 is 5.73 Å². The van der Waals surface area contributed by atoms with Crippen LogP contribution in [0.3, 0.4) is 0 Å². The van der Waals surface area contributed by atoms with Crippen LogP contribution in [-0.2, 0) is 11.3 Å². The fourth-order valence-corrected chi connectivity index (χ4v) is 2.06. The summed E-state index contributed by atoms with van der Waals surface area (Å²) in [6.45, 7) is 6.93. The summed E-state index contributed by atoms with van der Waals surface area (Å²) in [5.74, 6) is 0.0717. The standard InChI is InChI=1S/C15H25N3O/c1-15(2,3)10-12(16)9-14(19)18(4)11-13-7-5-6-8-17-13/h5-8,12H,9-11,16H2,1-4H3. The van der Waals surface area contributed by atoms with Gasteiger partial charge in [0.15, 0.2) is 0 Å². The molecule has 0 spiro atoms. The summed E-state index contributed by atoms with van der Waals surface area (Å²) < 4.78 is 0. The fraction of sp³-hybridized carbons (Fsp3) is 0.600. The van der Waals surface area contributed by atoms with E-state index in [2.05, 4.69) is 25.8 Å². The van der Waals surface area contributed by atoms with E-state index in [9.17, 15) is 4.79 Å². The zero-order valence-corrected chi connectivity index (χ0v) is 12.4. The maximum Gasteiger partial charge on any atom is 0.224 e. The van der Waals surface area contributed by atoms with E-state index in [1.54, 1.807) is 18.1 Å². The van der Waals surface area contributed by atoms with Crippen molar-refractivity contribution in [2.75, 3.05) is 7.05 Å². The first-order chi connectivity index (χ1) is 8.78. The molecule has 0 aliphatic rings. The number of nitrogens with two attached hydrogens (primary N) is 1. The summed E-state index contributed by atoms with van der Waals surface area (Å²) in [7, 11) is 1.79. The molecule has 0 fully saturated rings. The highest BCUT2D eigenvalue weighted by Gasteiger charge is 2.20. The molecule has 1 rings (SSSR count). The lowest BCUT2D eigenvalue weighted by Gasteiger charge is -2.24. The summed E-state index contributed by atoms with van der Waals surface area (Å²) in [6.07, 6.45) is 2.97. The average Bonchev–Trinajstić information content (AvgIpc) is 2.27. The Balaban J connectivity index is 2.45. The first-order valence-electron chi connectivity index (χ1n) is 6.67. The Morgan fingerprint density at radius 1 is 1.42 bits per heavy atom. The number of nitrogens with zero attached hydrogens (tertiary/aromatic N) is 2. The minimum absolute atomic E-state index is 0.0717. The van der Waals surface area contributed by atoms with Crippen molar-refractivity contribution in [2.24, 2.45) is 11.1 Å². The zero-order valence-electron chi connectivity index (χ0n) is 12.4. The van der Waals surface area contributed by atoms with Crippen LogP contribution in [0.2, 0.25) is 0 Å². The second-order valence-electron chi connectivity index (χ2n) is 6.30. The number of aromatic nitrogens is 1. The van der Waals surface area contributed by atoms with Crippen LogP contribution in [0.5, 0.6) is 0 Å². The molecular weight excluding hydrogens is 238 g/mol. The molecule has 1 aromatic heterocycles. The molecule has 4 nitrogen and oxygen atoms in total. The smallest absolute Gasteiger partial charge is 0.224 e. The molecule has 1 heterocycles. The van der Waals surface area contributed by atoms with Gasteiger partial charge in [-0.3, -0.25) is 9.78 Å². The van der Waals surface area contributed by atoms with E-state index in [-0.39, 0.29) is 17.4 Å². The van der Waals surface area contributed by atoms with Crippen molar-refractivity contribution in [3.63, 3.8) is 0 Å². The van der Waals surface area contributed by atoms with Crippen molar-refractivity contribution in [3.8, 4) is 0 Å². The number of hydrogen-bond donors (Lipinski definition) is 1. The zero-order chi connectivity index (χ0) is 14.5. The monoisotopic (exact) mass is 263 g/mol. The van der Waals surface area contributed by atoms with Gasteiger partial charge >= 0.3 is 0 Å². The molecule has 106 valence electrons. The number of hydrogen-bond acceptors (Lipinski definition) is 3. The summed E-state index contributed by atoms with van der Waals surface area (Å²) in [5, 5.41) is 0. The van der Waals surface area contributed by atoms with E-state index >= 15 is 0 Å². The highest BCUT2D eigenvalue weighted by Crippen LogP contribution is 2.21. The fourth-order valence-electron chi connectivity index (χ4n) is 2.06. The maximum atomic E-state index is 12.1. The van der Waals surface area contributed by atoms with E-state index in [1.165, 1.54) is 0 Å². The first-order valence-corrected chi connectivity index (χ1v) is 6.67. The summed E-state index contributed by atoms with van der Waals surface area (Å²) in [6, 6.07) is 5.62. The summed E-state index contributed by atoms with van der Waals surface area (Å²) in [4.78, 5) is 18.0. The van der Waals surface area contributed by atoms with Crippen molar-refractivity contribution in [2.45, 2.75) is 46.2 Å². The molecule has 0 saturated carbocycles. The Kier molecular flexibility index (Phi) is 5.48. The molecular formula is C15H25N3O. The van der Waals surface area contributed by atoms with Crippen LogP contribution in [-0.4, -0.2) is 28.9 Å². The van der Waals surface area contributed by atoms with Gasteiger partial charge in [0.25, 0.3) is 0 Å². The van der Waals surface area contributed by atoms with Gasteiger partial charge in [-0.05, 0) is 24.0 Å². The van der Waals surface area contributed by atoms with Gasteiger partial charge in [0, 0.05) is 25.7 Å². The number of amides is 1. The second kappa shape index (κ2) is 6.66. The third kappa shape index (κ3) is 6.34. The molecule has 0 aliphatic carbocycles. The first kappa shape index (κ1) is 15.6. The molecule has 2 N–H and O–H groups in total. The maximum absolute atomic E-state index is 12.1. The molecule has 19 heavy (non-hydrogen) atoms. The molecule has 4 heteroatoms. The highest BCUT2D eigenvalue weighted by atomic mass is 16.2. The van der Waals surface area contributed by atoms with Gasteiger partial charge in [0.2, 0.25) is 5.91 Å². The predicted molar refractivity (Wildman–Crippen MR) is 77.4 cm³/mol. The van der Waals surface area contributed by atoms with Crippen molar-refractivity contribution in [3.05, 3.63) is 30.1 Å². The number of rotatable bonds is 5. The van der Waals surface area contributed by atoms with Crippen molar-refractivity contribution in [1.82, 2.24) is 9.88 Å². The molecule has 1 amide bonds. The van der Waals surface area contributed by atoms with Crippen LogP contribution in [0.25, 0.3) is 0 Å². The largest absolute Gasteiger partial charge is 0.340 e.